The summed E-state index contributed by atoms with van der Waals surface area (Å²) in [5.41, 5.74) is 2.27. The second kappa shape index (κ2) is 7.61. The molecule has 0 saturated carbocycles. The lowest BCUT2D eigenvalue weighted by molar-refractivity contribution is 0.102. The van der Waals surface area contributed by atoms with Gasteiger partial charge in [0.15, 0.2) is 21.5 Å². The topological polar surface area (TPSA) is 105 Å². The van der Waals surface area contributed by atoms with Gasteiger partial charge in [0.2, 0.25) is 0 Å². The van der Waals surface area contributed by atoms with E-state index in [4.69, 9.17) is 0 Å². The molecule has 2 aromatic heterocycles. The van der Waals surface area contributed by atoms with Gasteiger partial charge in [-0.3, -0.25) is 9.89 Å². The molecule has 7 nitrogen and oxygen atoms in total. The zero-order valence-corrected chi connectivity index (χ0v) is 16.9. The van der Waals surface area contributed by atoms with Crippen LogP contribution >= 0.6 is 11.3 Å². The van der Waals surface area contributed by atoms with Crippen molar-refractivity contribution in [2.24, 2.45) is 0 Å². The Morgan fingerprint density at radius 3 is 2.41 bits per heavy atom. The highest BCUT2D eigenvalue weighted by Crippen LogP contribution is 2.25. The Bertz CT molecular complexity index is 1260. The van der Waals surface area contributed by atoms with Crippen molar-refractivity contribution in [1.82, 2.24) is 15.2 Å². The Morgan fingerprint density at radius 2 is 1.72 bits per heavy atom. The molecule has 4 rings (SSSR count). The number of aromatic nitrogens is 3. The zero-order valence-electron chi connectivity index (χ0n) is 15.3. The fourth-order valence-corrected chi connectivity index (χ4v) is 4.87. The summed E-state index contributed by atoms with van der Waals surface area (Å²) in [6, 6.07) is 18.1. The number of rotatable bonds is 5. The van der Waals surface area contributed by atoms with Crippen LogP contribution in [0.15, 0.2) is 70.9 Å². The van der Waals surface area contributed by atoms with E-state index < -0.39 is 15.7 Å². The van der Waals surface area contributed by atoms with Crippen LogP contribution in [0.2, 0.25) is 0 Å². The number of hydrogen-bond acceptors (Lipinski definition) is 6. The van der Waals surface area contributed by atoms with Gasteiger partial charge in [-0.1, -0.05) is 30.3 Å². The Hall–Kier alpha value is -3.30. The molecule has 29 heavy (non-hydrogen) atoms. The van der Waals surface area contributed by atoms with Crippen molar-refractivity contribution in [3.8, 4) is 22.8 Å². The minimum Gasteiger partial charge on any atom is -0.321 e. The molecule has 0 saturated heterocycles. The highest BCUT2D eigenvalue weighted by molar-refractivity contribution is 7.91. The van der Waals surface area contributed by atoms with Crippen LogP contribution in [0.1, 0.15) is 9.67 Å². The normalized spacial score (nSPS) is 11.3. The predicted molar refractivity (Wildman–Crippen MR) is 113 cm³/mol. The van der Waals surface area contributed by atoms with Gasteiger partial charge in [0.1, 0.15) is 4.88 Å². The Labute approximate surface area is 171 Å². The highest BCUT2D eigenvalue weighted by Gasteiger charge is 2.20. The Balaban J connectivity index is 1.51. The number of nitrogens with zero attached hydrogens (tertiary/aromatic N) is 2. The molecule has 0 unspecified atom stereocenters. The largest absolute Gasteiger partial charge is 0.321 e. The molecule has 0 fully saturated rings. The quantitative estimate of drug-likeness (QED) is 0.506. The van der Waals surface area contributed by atoms with Crippen molar-refractivity contribution < 1.29 is 13.2 Å². The highest BCUT2D eigenvalue weighted by atomic mass is 32.2. The number of aromatic amines is 1. The lowest BCUT2D eigenvalue weighted by atomic mass is 10.2. The molecule has 0 aliphatic carbocycles. The zero-order chi connectivity index (χ0) is 20.4. The van der Waals surface area contributed by atoms with E-state index in [2.05, 4.69) is 20.5 Å². The number of thiophene rings is 1. The van der Waals surface area contributed by atoms with Crippen LogP contribution in [0.25, 0.3) is 22.8 Å². The van der Waals surface area contributed by atoms with E-state index >= 15 is 0 Å². The number of sulfone groups is 1. The SMILES string of the molecule is CS(=O)(=O)c1ccsc1C(=O)Nc1ccc(-c2nc(-c3ccccc3)n[nH]2)cc1. The molecule has 1 amide bonds. The number of anilines is 1. The summed E-state index contributed by atoms with van der Waals surface area (Å²) >= 11 is 1.09. The molecule has 0 spiro atoms. The van der Waals surface area contributed by atoms with Gasteiger partial charge in [-0.25, -0.2) is 13.4 Å². The van der Waals surface area contributed by atoms with Crippen LogP contribution in [-0.2, 0) is 9.84 Å². The second-order valence-corrected chi connectivity index (χ2v) is 9.19. The minimum atomic E-state index is -3.46. The van der Waals surface area contributed by atoms with E-state index in [-0.39, 0.29) is 9.77 Å². The van der Waals surface area contributed by atoms with E-state index in [1.165, 1.54) is 6.07 Å². The summed E-state index contributed by atoms with van der Waals surface area (Å²) in [5.74, 6) is 0.752. The summed E-state index contributed by atoms with van der Waals surface area (Å²) in [4.78, 5) is 17.2. The number of carbonyl (C=O) groups is 1. The lowest BCUT2D eigenvalue weighted by Gasteiger charge is -2.06. The first-order chi connectivity index (χ1) is 13.9. The molecule has 0 atom stereocenters. The molecular formula is C20H16N4O3S2. The maximum atomic E-state index is 12.5. The van der Waals surface area contributed by atoms with Crippen molar-refractivity contribution in [2.75, 3.05) is 11.6 Å². The molecule has 2 N–H and O–H groups in total. The summed E-state index contributed by atoms with van der Waals surface area (Å²) in [5, 5.41) is 11.5. The molecule has 0 aliphatic rings. The van der Waals surface area contributed by atoms with Crippen molar-refractivity contribution in [2.45, 2.75) is 4.90 Å². The number of amides is 1. The van der Waals surface area contributed by atoms with Gasteiger partial charge in [-0.15, -0.1) is 11.3 Å². The predicted octanol–water partition coefficient (Wildman–Crippen LogP) is 3.86. The molecule has 2 aromatic carbocycles. The third-order valence-corrected chi connectivity index (χ3v) is 6.35. The fraction of sp³-hybridized carbons (Fsp3) is 0.0500. The molecule has 2 heterocycles. The number of benzene rings is 2. The van der Waals surface area contributed by atoms with E-state index in [0.717, 1.165) is 28.7 Å². The van der Waals surface area contributed by atoms with E-state index in [1.807, 2.05) is 30.3 Å². The first-order valence-electron chi connectivity index (χ1n) is 8.59. The maximum Gasteiger partial charge on any atom is 0.267 e. The van der Waals surface area contributed by atoms with Crippen LogP contribution in [0.3, 0.4) is 0 Å². The van der Waals surface area contributed by atoms with Gasteiger partial charge in [0, 0.05) is 23.1 Å². The van der Waals surface area contributed by atoms with Gasteiger partial charge >= 0.3 is 0 Å². The average molecular weight is 425 g/mol. The summed E-state index contributed by atoms with van der Waals surface area (Å²) < 4.78 is 23.6. The molecular weight excluding hydrogens is 408 g/mol. The van der Waals surface area contributed by atoms with Gasteiger partial charge in [-0.2, -0.15) is 5.10 Å². The fourth-order valence-electron chi connectivity index (χ4n) is 2.76. The van der Waals surface area contributed by atoms with Gasteiger partial charge in [0.05, 0.1) is 4.90 Å². The minimum absolute atomic E-state index is 0.0340. The molecule has 146 valence electrons. The molecule has 4 aromatic rings. The van der Waals surface area contributed by atoms with Crippen LogP contribution < -0.4 is 5.32 Å². The first kappa shape index (κ1) is 19.0. The van der Waals surface area contributed by atoms with Gasteiger partial charge in [-0.05, 0) is 35.7 Å². The lowest BCUT2D eigenvalue weighted by Crippen LogP contribution is -2.13. The van der Waals surface area contributed by atoms with Crippen LogP contribution in [-0.4, -0.2) is 35.8 Å². The summed E-state index contributed by atoms with van der Waals surface area (Å²) in [6.07, 6.45) is 1.09. The number of nitrogens with one attached hydrogen (secondary N) is 2. The Kier molecular flexibility index (Phi) is 4.99. The van der Waals surface area contributed by atoms with Crippen molar-refractivity contribution >= 4 is 32.8 Å². The van der Waals surface area contributed by atoms with Crippen LogP contribution in [0.5, 0.6) is 0 Å². The van der Waals surface area contributed by atoms with Gasteiger partial charge < -0.3 is 5.32 Å². The third-order valence-electron chi connectivity index (χ3n) is 4.17. The Morgan fingerprint density at radius 1 is 1.00 bits per heavy atom. The molecule has 0 aliphatic heterocycles. The first-order valence-corrected chi connectivity index (χ1v) is 11.4. The van der Waals surface area contributed by atoms with Crippen molar-refractivity contribution in [3.05, 3.63) is 70.9 Å². The standard InChI is InChI=1S/C20H16N4O3S2/c1-29(26,27)16-11-12-28-17(16)20(25)21-15-9-7-14(8-10-15)19-22-18(23-24-19)13-5-3-2-4-6-13/h2-12H,1H3,(H,21,25)(H,22,23,24). The maximum absolute atomic E-state index is 12.5. The van der Waals surface area contributed by atoms with E-state index in [9.17, 15) is 13.2 Å². The monoisotopic (exact) mass is 424 g/mol. The second-order valence-electron chi connectivity index (χ2n) is 6.29. The van der Waals surface area contributed by atoms with Crippen LogP contribution in [0, 0.1) is 0 Å². The third kappa shape index (κ3) is 4.10. The van der Waals surface area contributed by atoms with E-state index in [1.54, 1.807) is 29.6 Å². The number of H-pyrrole nitrogens is 1. The average Bonchev–Trinajstić information content (AvgIpc) is 3.39. The number of carbonyl (C=O) groups excluding carboxylic acids is 1. The van der Waals surface area contributed by atoms with Gasteiger partial charge in [0.25, 0.3) is 5.91 Å². The molecule has 9 heteroatoms. The summed E-state index contributed by atoms with van der Waals surface area (Å²) in [6.45, 7) is 0. The van der Waals surface area contributed by atoms with E-state index in [0.29, 0.717) is 17.3 Å². The molecule has 0 bridgehead atoms. The molecule has 0 radical (unpaired) electrons. The van der Waals surface area contributed by atoms with Crippen molar-refractivity contribution in [3.63, 3.8) is 0 Å². The number of hydrogen-bond donors (Lipinski definition) is 2. The summed E-state index contributed by atoms with van der Waals surface area (Å²) in [7, 11) is -3.46. The van der Waals surface area contributed by atoms with Crippen LogP contribution in [0.4, 0.5) is 5.69 Å². The smallest absolute Gasteiger partial charge is 0.267 e. The van der Waals surface area contributed by atoms with Crippen molar-refractivity contribution in [1.29, 1.82) is 0 Å².